The van der Waals surface area contributed by atoms with Gasteiger partial charge < -0.3 is 14.6 Å². The molecule has 5 nitrogen and oxygen atoms in total. The van der Waals surface area contributed by atoms with Gasteiger partial charge in [-0.2, -0.15) is 0 Å². The molecule has 0 spiro atoms. The number of hydrogen-bond donors (Lipinski definition) is 1. The van der Waals surface area contributed by atoms with Gasteiger partial charge in [-0.05, 0) is 37.0 Å². The van der Waals surface area contributed by atoms with E-state index in [2.05, 4.69) is 56.8 Å². The van der Waals surface area contributed by atoms with E-state index in [0.717, 1.165) is 33.9 Å². The first kappa shape index (κ1) is 22.0. The highest BCUT2D eigenvalue weighted by Crippen LogP contribution is 2.30. The Hall–Kier alpha value is -1.31. The molecule has 1 unspecified atom stereocenters. The fourth-order valence-electron chi connectivity index (χ4n) is 2.63. The van der Waals surface area contributed by atoms with Gasteiger partial charge in [-0.25, -0.2) is 4.98 Å². The van der Waals surface area contributed by atoms with Crippen molar-refractivity contribution in [2.75, 3.05) is 20.3 Å². The van der Waals surface area contributed by atoms with Crippen molar-refractivity contribution in [1.82, 2.24) is 14.9 Å². The first-order chi connectivity index (χ1) is 12.9. The molecule has 0 aliphatic carbocycles. The third-order valence-electron chi connectivity index (χ3n) is 3.98. The summed E-state index contributed by atoms with van der Waals surface area (Å²) in [6.45, 7) is 8.43. The summed E-state index contributed by atoms with van der Waals surface area (Å²) in [6, 6.07) is 8.23. The van der Waals surface area contributed by atoms with E-state index in [1.807, 2.05) is 25.3 Å². The zero-order valence-corrected chi connectivity index (χ0v) is 18.8. The molecule has 0 fully saturated rings. The molecule has 2 aromatic rings. The predicted octanol–water partition coefficient (Wildman–Crippen LogP) is 4.60. The molecule has 2 rings (SSSR count). The Labute approximate surface area is 174 Å². The minimum atomic E-state index is -0.210. The molecule has 1 aromatic carbocycles. The second-order valence-electron chi connectivity index (χ2n) is 6.83. The molecule has 0 saturated heterocycles. The Bertz CT molecular complexity index is 731. The molecular weight excluding hydrogens is 426 g/mol. The number of carbonyl (C=O) groups is 1. The van der Waals surface area contributed by atoms with E-state index in [0.29, 0.717) is 19.1 Å². The lowest BCUT2D eigenvalue weighted by molar-refractivity contribution is -0.120. The minimum absolute atomic E-state index is 0.0281. The van der Waals surface area contributed by atoms with E-state index in [-0.39, 0.29) is 11.2 Å². The monoisotopic (exact) mass is 453 g/mol. The summed E-state index contributed by atoms with van der Waals surface area (Å²) in [6.07, 6.45) is 2.71. The number of hydrogen-bond acceptors (Lipinski definition) is 4. The van der Waals surface area contributed by atoms with Crippen LogP contribution in [-0.4, -0.2) is 41.0 Å². The fourth-order valence-corrected chi connectivity index (χ4v) is 3.81. The maximum Gasteiger partial charge on any atom is 0.233 e. The summed E-state index contributed by atoms with van der Waals surface area (Å²) >= 11 is 4.98. The Morgan fingerprint density at radius 1 is 1.30 bits per heavy atom. The number of halogens is 1. The Kier molecular flexibility index (Phi) is 8.86. The summed E-state index contributed by atoms with van der Waals surface area (Å²) in [7, 11) is 1.66. The number of amides is 1. The average molecular weight is 454 g/mol. The van der Waals surface area contributed by atoms with Gasteiger partial charge in [0.2, 0.25) is 5.91 Å². The highest BCUT2D eigenvalue weighted by Gasteiger charge is 2.20. The predicted molar refractivity (Wildman–Crippen MR) is 115 cm³/mol. The second-order valence-corrected chi connectivity index (χ2v) is 9.06. The summed E-state index contributed by atoms with van der Waals surface area (Å²) in [5.41, 5.74) is 2.20. The molecule has 0 saturated carbocycles. The largest absolute Gasteiger partial charge is 0.385 e. The highest BCUT2D eigenvalue weighted by molar-refractivity contribution is 9.10. The van der Waals surface area contributed by atoms with Crippen LogP contribution >= 0.6 is 27.7 Å². The number of benzene rings is 1. The zero-order chi connectivity index (χ0) is 19.8. The van der Waals surface area contributed by atoms with Crippen LogP contribution < -0.4 is 5.32 Å². The lowest BCUT2D eigenvalue weighted by atomic mass is 10.1. The van der Waals surface area contributed by atoms with Crippen LogP contribution in [0, 0.1) is 5.92 Å². The third-order valence-corrected chi connectivity index (χ3v) is 5.62. The molecule has 0 aliphatic heterocycles. The molecule has 1 N–H and O–H groups in total. The summed E-state index contributed by atoms with van der Waals surface area (Å²) in [5, 5.41) is 3.63. The molecular formula is C20H28BrN3O2S. The normalized spacial score (nSPS) is 12.4. The SMILES string of the molecule is COCCCNC(=O)C(C)Sc1ncc(-c2ccc(Br)cc2)n1CC(C)C. The van der Waals surface area contributed by atoms with E-state index in [1.165, 1.54) is 11.8 Å². The number of carbonyl (C=O) groups excluding carboxylic acids is 1. The molecule has 0 aliphatic rings. The first-order valence-corrected chi connectivity index (χ1v) is 10.8. The molecule has 148 valence electrons. The molecule has 0 radical (unpaired) electrons. The molecule has 1 amide bonds. The van der Waals surface area contributed by atoms with Crippen LogP contribution in [0.1, 0.15) is 27.2 Å². The number of nitrogens with one attached hydrogen (secondary N) is 1. The van der Waals surface area contributed by atoms with Crippen molar-refractivity contribution >= 4 is 33.6 Å². The average Bonchev–Trinajstić information content (AvgIpc) is 3.01. The van der Waals surface area contributed by atoms with Crippen LogP contribution in [-0.2, 0) is 16.1 Å². The molecule has 0 bridgehead atoms. The lowest BCUT2D eigenvalue weighted by Gasteiger charge is -2.16. The van der Waals surface area contributed by atoms with Crippen molar-refractivity contribution in [2.24, 2.45) is 5.92 Å². The summed E-state index contributed by atoms with van der Waals surface area (Å²) in [4.78, 5) is 17.0. The van der Waals surface area contributed by atoms with Crippen molar-refractivity contribution in [3.8, 4) is 11.3 Å². The van der Waals surface area contributed by atoms with Crippen LogP contribution in [0.3, 0.4) is 0 Å². The minimum Gasteiger partial charge on any atom is -0.385 e. The van der Waals surface area contributed by atoms with Gasteiger partial charge in [0.05, 0.1) is 17.1 Å². The maximum atomic E-state index is 12.3. The first-order valence-electron chi connectivity index (χ1n) is 9.17. The number of methoxy groups -OCH3 is 1. The van der Waals surface area contributed by atoms with Crippen LogP contribution in [0.15, 0.2) is 40.1 Å². The third kappa shape index (κ3) is 6.66. The topological polar surface area (TPSA) is 56.1 Å². The van der Waals surface area contributed by atoms with Crippen LogP contribution in [0.4, 0.5) is 0 Å². The van der Waals surface area contributed by atoms with E-state index < -0.39 is 0 Å². The Morgan fingerprint density at radius 2 is 2.00 bits per heavy atom. The van der Waals surface area contributed by atoms with Gasteiger partial charge in [0.1, 0.15) is 0 Å². The maximum absolute atomic E-state index is 12.3. The standard InChI is InChI=1S/C20H28BrN3O2S/c1-14(2)13-24-18(16-6-8-17(21)9-7-16)12-23-20(24)27-15(3)19(25)22-10-5-11-26-4/h6-9,12,14-15H,5,10-11,13H2,1-4H3,(H,22,25). The Balaban J connectivity index is 2.13. The van der Waals surface area contributed by atoms with Crippen molar-refractivity contribution in [3.05, 3.63) is 34.9 Å². The van der Waals surface area contributed by atoms with Gasteiger partial charge in [0.15, 0.2) is 5.16 Å². The van der Waals surface area contributed by atoms with Crippen LogP contribution in [0.25, 0.3) is 11.3 Å². The van der Waals surface area contributed by atoms with Gasteiger partial charge >= 0.3 is 0 Å². The number of rotatable bonds is 10. The lowest BCUT2D eigenvalue weighted by Crippen LogP contribution is -2.32. The number of nitrogens with zero attached hydrogens (tertiary/aromatic N) is 2. The van der Waals surface area contributed by atoms with Gasteiger partial charge in [-0.1, -0.05) is 53.7 Å². The number of thioether (sulfide) groups is 1. The number of aromatic nitrogens is 2. The summed E-state index contributed by atoms with van der Waals surface area (Å²) in [5.74, 6) is 0.506. The van der Waals surface area contributed by atoms with E-state index >= 15 is 0 Å². The molecule has 7 heteroatoms. The van der Waals surface area contributed by atoms with Crippen molar-refractivity contribution in [1.29, 1.82) is 0 Å². The van der Waals surface area contributed by atoms with Crippen LogP contribution in [0.5, 0.6) is 0 Å². The summed E-state index contributed by atoms with van der Waals surface area (Å²) < 4.78 is 8.28. The van der Waals surface area contributed by atoms with Crippen molar-refractivity contribution in [2.45, 2.75) is 44.1 Å². The van der Waals surface area contributed by atoms with Crippen LogP contribution in [0.2, 0.25) is 0 Å². The smallest absolute Gasteiger partial charge is 0.233 e. The second kappa shape index (κ2) is 10.9. The molecule has 1 atom stereocenters. The Morgan fingerprint density at radius 3 is 2.63 bits per heavy atom. The fraction of sp³-hybridized carbons (Fsp3) is 0.500. The zero-order valence-electron chi connectivity index (χ0n) is 16.4. The molecule has 1 heterocycles. The van der Waals surface area contributed by atoms with E-state index in [1.54, 1.807) is 7.11 Å². The van der Waals surface area contributed by atoms with Gasteiger partial charge in [-0.3, -0.25) is 4.79 Å². The van der Waals surface area contributed by atoms with Gasteiger partial charge in [-0.15, -0.1) is 0 Å². The van der Waals surface area contributed by atoms with Gasteiger partial charge in [0.25, 0.3) is 0 Å². The number of ether oxygens (including phenoxy) is 1. The van der Waals surface area contributed by atoms with Gasteiger partial charge in [0, 0.05) is 31.3 Å². The molecule has 27 heavy (non-hydrogen) atoms. The quantitative estimate of drug-likeness (QED) is 0.421. The van der Waals surface area contributed by atoms with Crippen molar-refractivity contribution in [3.63, 3.8) is 0 Å². The number of imidazole rings is 1. The highest BCUT2D eigenvalue weighted by atomic mass is 79.9. The van der Waals surface area contributed by atoms with E-state index in [9.17, 15) is 4.79 Å². The van der Waals surface area contributed by atoms with Crippen molar-refractivity contribution < 1.29 is 9.53 Å². The molecule has 1 aromatic heterocycles. The van der Waals surface area contributed by atoms with E-state index in [4.69, 9.17) is 4.74 Å².